The third kappa shape index (κ3) is 4.07. The Balaban J connectivity index is 2.76. The Hall–Kier alpha value is -2.06. The molecule has 0 saturated heterocycles. The molecule has 0 aliphatic heterocycles. The summed E-state index contributed by atoms with van der Waals surface area (Å²) in [6.45, 7) is 0.252. The zero-order valence-electron chi connectivity index (χ0n) is 9.29. The number of hydrogen-bond donors (Lipinski definition) is 2. The standard InChI is InChI=1S/C9H10N5O3P/c10-2-1-6-7(11)13-9(12)14-8(6)17-4-3-16-5-18-15/h1,3-4H2,(H4,11,12,13,14). The predicted octanol–water partition coefficient (Wildman–Crippen LogP) is 0.311. The number of nitrogens with two attached hydrogens (primary N) is 2. The van der Waals surface area contributed by atoms with E-state index < -0.39 is 0 Å². The fraction of sp³-hybridized carbons (Fsp3) is 0.333. The molecule has 1 aromatic heterocycles. The van der Waals surface area contributed by atoms with Crippen LogP contribution in [0.5, 0.6) is 5.88 Å². The summed E-state index contributed by atoms with van der Waals surface area (Å²) < 4.78 is 20.0. The van der Waals surface area contributed by atoms with Crippen LogP contribution in [0, 0.1) is 17.1 Å². The quantitative estimate of drug-likeness (QED) is 0.574. The zero-order chi connectivity index (χ0) is 13.4. The van der Waals surface area contributed by atoms with E-state index >= 15 is 0 Å². The van der Waals surface area contributed by atoms with Crippen LogP contribution in [0.4, 0.5) is 11.8 Å². The van der Waals surface area contributed by atoms with Crippen molar-refractivity contribution in [3.05, 3.63) is 5.56 Å². The molecule has 0 spiro atoms. The molecule has 0 unspecified atom stereocenters. The molecular formula is C9H10N5O3P. The summed E-state index contributed by atoms with van der Waals surface area (Å²) in [7, 11) is -0.340. The van der Waals surface area contributed by atoms with E-state index in [-0.39, 0.29) is 45.2 Å². The van der Waals surface area contributed by atoms with E-state index in [1.54, 1.807) is 0 Å². The Morgan fingerprint density at radius 2 is 2.11 bits per heavy atom. The minimum absolute atomic E-state index is 0.0136. The first kappa shape index (κ1) is 14.0. The molecule has 9 heteroatoms. The van der Waals surface area contributed by atoms with Crippen LogP contribution in [-0.2, 0) is 15.7 Å². The Labute approximate surface area is 104 Å². The Morgan fingerprint density at radius 1 is 1.33 bits per heavy atom. The second kappa shape index (κ2) is 7.30. The molecule has 0 aliphatic carbocycles. The molecule has 0 saturated carbocycles. The molecule has 0 fully saturated rings. The maximum absolute atomic E-state index is 10.00. The number of nitrogens with zero attached hydrogens (tertiary/aromatic N) is 3. The molecule has 0 amide bonds. The van der Waals surface area contributed by atoms with Crippen LogP contribution in [0.1, 0.15) is 5.56 Å². The number of ether oxygens (including phenoxy) is 2. The van der Waals surface area contributed by atoms with E-state index in [1.165, 1.54) is 0 Å². The molecule has 1 aromatic rings. The van der Waals surface area contributed by atoms with Gasteiger partial charge in [0.25, 0.3) is 0 Å². The van der Waals surface area contributed by atoms with Crippen LogP contribution in [-0.4, -0.2) is 23.2 Å². The van der Waals surface area contributed by atoms with Gasteiger partial charge in [-0.15, -0.1) is 0 Å². The van der Waals surface area contributed by atoms with Gasteiger partial charge in [0, 0.05) is 0 Å². The first-order valence-corrected chi connectivity index (χ1v) is 5.61. The average Bonchev–Trinajstić information content (AvgIpc) is 2.33. The molecule has 1 rings (SSSR count). The van der Waals surface area contributed by atoms with Gasteiger partial charge in [-0.25, -0.2) is 0 Å². The van der Waals surface area contributed by atoms with E-state index in [0.717, 1.165) is 0 Å². The first-order chi connectivity index (χ1) is 8.69. The zero-order valence-corrected chi connectivity index (χ0v) is 10.2. The second-order valence-corrected chi connectivity index (χ2v) is 3.33. The molecule has 8 nitrogen and oxygen atoms in total. The first-order valence-electron chi connectivity index (χ1n) is 4.79. The Morgan fingerprint density at radius 3 is 2.78 bits per heavy atom. The van der Waals surface area contributed by atoms with Gasteiger partial charge in [-0.05, 0) is 0 Å². The van der Waals surface area contributed by atoms with Crippen molar-refractivity contribution in [2.75, 3.05) is 24.7 Å². The monoisotopic (exact) mass is 267 g/mol. The number of anilines is 2. The van der Waals surface area contributed by atoms with Gasteiger partial charge in [-0.3, -0.25) is 0 Å². The summed E-state index contributed by atoms with van der Waals surface area (Å²) in [5.74, 6) is 2.31. The van der Waals surface area contributed by atoms with Crippen LogP contribution < -0.4 is 16.2 Å². The van der Waals surface area contributed by atoms with Gasteiger partial charge in [-0.1, -0.05) is 0 Å². The molecule has 0 aliphatic rings. The summed E-state index contributed by atoms with van der Waals surface area (Å²) in [6.07, 6.45) is 0.0136. The summed E-state index contributed by atoms with van der Waals surface area (Å²) >= 11 is 0. The summed E-state index contributed by atoms with van der Waals surface area (Å²) in [5, 5.41) is 8.66. The van der Waals surface area contributed by atoms with Crippen molar-refractivity contribution < 1.29 is 14.0 Å². The van der Waals surface area contributed by atoms with Gasteiger partial charge < -0.3 is 0 Å². The van der Waals surface area contributed by atoms with E-state index in [4.69, 9.17) is 26.2 Å². The number of nitrogen functional groups attached to an aromatic ring is 2. The Kier molecular flexibility index (Phi) is 5.68. The third-order valence-electron chi connectivity index (χ3n) is 1.80. The molecule has 0 bridgehead atoms. The molecule has 0 radical (unpaired) electrons. The Bertz CT molecular complexity index is 565. The van der Waals surface area contributed by atoms with Crippen molar-refractivity contribution >= 4 is 19.7 Å². The van der Waals surface area contributed by atoms with Gasteiger partial charge in [0.2, 0.25) is 0 Å². The van der Waals surface area contributed by atoms with Crippen molar-refractivity contribution in [2.24, 2.45) is 0 Å². The number of aromatic nitrogens is 2. The number of rotatable bonds is 5. The van der Waals surface area contributed by atoms with E-state index in [9.17, 15) is 4.57 Å². The normalized spacial score (nSPS) is 9.28. The second-order valence-electron chi connectivity index (χ2n) is 2.97. The molecule has 1 heterocycles. The average molecular weight is 267 g/mol. The fourth-order valence-electron chi connectivity index (χ4n) is 1.11. The molecule has 0 atom stereocenters. The predicted molar refractivity (Wildman–Crippen MR) is 63.1 cm³/mol. The molecule has 18 heavy (non-hydrogen) atoms. The molecular weight excluding hydrogens is 257 g/mol. The van der Waals surface area contributed by atoms with Crippen LogP contribution in [0.25, 0.3) is 0 Å². The van der Waals surface area contributed by atoms with E-state index in [1.807, 2.05) is 6.07 Å². The molecule has 4 N–H and O–H groups in total. The summed E-state index contributed by atoms with van der Waals surface area (Å²) in [4.78, 5) is 7.58. The van der Waals surface area contributed by atoms with Crippen LogP contribution in [0.2, 0.25) is 0 Å². The molecule has 94 valence electrons. The van der Waals surface area contributed by atoms with Gasteiger partial charge in [0.05, 0.1) is 0 Å². The van der Waals surface area contributed by atoms with Crippen molar-refractivity contribution in [3.63, 3.8) is 0 Å². The van der Waals surface area contributed by atoms with E-state index in [0.29, 0.717) is 5.56 Å². The number of nitriles is 1. The van der Waals surface area contributed by atoms with Crippen molar-refractivity contribution in [2.45, 2.75) is 6.42 Å². The van der Waals surface area contributed by atoms with Gasteiger partial charge >= 0.3 is 103 Å². The van der Waals surface area contributed by atoms with Crippen LogP contribution >= 0.6 is 7.92 Å². The number of hydrogen-bond acceptors (Lipinski definition) is 8. The van der Waals surface area contributed by atoms with Crippen molar-refractivity contribution in [3.8, 4) is 17.8 Å². The van der Waals surface area contributed by atoms with Gasteiger partial charge in [-0.2, -0.15) is 0 Å². The van der Waals surface area contributed by atoms with Gasteiger partial charge in [0.15, 0.2) is 0 Å². The van der Waals surface area contributed by atoms with E-state index in [2.05, 4.69) is 15.8 Å². The summed E-state index contributed by atoms with van der Waals surface area (Å²) in [5.41, 5.74) is 11.4. The SMILES string of the molecule is N#CCc1c(N)nc(N)nc1OCCOC#P=O. The maximum atomic E-state index is 10.00. The topological polar surface area (TPSA) is 137 Å². The van der Waals surface area contributed by atoms with Crippen LogP contribution in [0.15, 0.2) is 0 Å². The van der Waals surface area contributed by atoms with Crippen molar-refractivity contribution in [1.82, 2.24) is 9.97 Å². The molecule has 0 aromatic carbocycles. The third-order valence-corrected chi connectivity index (χ3v) is 2.00. The van der Waals surface area contributed by atoms with Crippen molar-refractivity contribution in [1.29, 1.82) is 5.26 Å². The minimum atomic E-state index is -0.340. The van der Waals surface area contributed by atoms with Gasteiger partial charge in [0.1, 0.15) is 0 Å². The fourth-order valence-corrected chi connectivity index (χ4v) is 1.26. The van der Waals surface area contributed by atoms with Crippen LogP contribution in [0.3, 0.4) is 0 Å². The summed E-state index contributed by atoms with van der Waals surface area (Å²) in [6, 6.07) is 1.93.